The number of fused-ring (bicyclic) bond motifs is 2. The number of carboxylic acids is 1. The molecule has 23 heavy (non-hydrogen) atoms. The van der Waals surface area contributed by atoms with E-state index >= 15 is 0 Å². The molecule has 0 atom stereocenters. The number of rotatable bonds is 3. The lowest BCUT2D eigenvalue weighted by Gasteiger charge is -2.07. The Morgan fingerprint density at radius 3 is 2.78 bits per heavy atom. The van der Waals surface area contributed by atoms with Crippen LogP contribution < -0.4 is 0 Å². The van der Waals surface area contributed by atoms with Gasteiger partial charge in [-0.1, -0.05) is 24.3 Å². The average Bonchev–Trinajstić information content (AvgIpc) is 2.97. The Morgan fingerprint density at radius 2 is 1.91 bits per heavy atom. The van der Waals surface area contributed by atoms with Gasteiger partial charge in [0, 0.05) is 23.2 Å². The van der Waals surface area contributed by atoms with Gasteiger partial charge in [-0.25, -0.2) is 4.79 Å². The van der Waals surface area contributed by atoms with Gasteiger partial charge in [0.05, 0.1) is 21.5 Å². The minimum absolute atomic E-state index is 0.286. The topological polar surface area (TPSA) is 55.1 Å². The Bertz CT molecular complexity index is 1030. The summed E-state index contributed by atoms with van der Waals surface area (Å²) in [7, 11) is 0. The number of aromatic nitrogens is 2. The molecule has 0 amide bonds. The number of aromatic carboxylic acids is 1. The molecule has 2 heterocycles. The Balaban J connectivity index is 1.83. The second kappa shape index (κ2) is 5.44. The maximum absolute atomic E-state index is 11.2. The highest BCUT2D eigenvalue weighted by Gasteiger charge is 2.09. The summed E-state index contributed by atoms with van der Waals surface area (Å²) in [6.07, 6.45) is 3.73. The molecule has 0 fully saturated rings. The summed E-state index contributed by atoms with van der Waals surface area (Å²) in [4.78, 5) is 16.7. The summed E-state index contributed by atoms with van der Waals surface area (Å²) >= 11 is 1.53. The van der Waals surface area contributed by atoms with Crippen molar-refractivity contribution in [1.29, 1.82) is 0 Å². The first-order valence-electron chi connectivity index (χ1n) is 7.09. The molecule has 0 spiro atoms. The zero-order valence-corrected chi connectivity index (χ0v) is 12.8. The molecule has 1 N–H and O–H groups in total. The molecule has 0 saturated carbocycles. The van der Waals surface area contributed by atoms with Gasteiger partial charge in [-0.15, -0.1) is 0 Å². The van der Waals surface area contributed by atoms with E-state index in [0.717, 1.165) is 26.7 Å². The highest BCUT2D eigenvalue weighted by atomic mass is 32.2. The minimum atomic E-state index is -0.920. The lowest BCUT2D eigenvalue weighted by atomic mass is 10.2. The number of carboxylic acid groups (broad SMARTS) is 1. The molecule has 4 aromatic rings. The van der Waals surface area contributed by atoms with Crippen LogP contribution in [0, 0.1) is 0 Å². The van der Waals surface area contributed by atoms with Crippen molar-refractivity contribution in [2.75, 3.05) is 0 Å². The molecular weight excluding hydrogens is 308 g/mol. The fourth-order valence-corrected chi connectivity index (χ4v) is 3.56. The molecule has 0 saturated heterocycles. The van der Waals surface area contributed by atoms with Gasteiger partial charge in [-0.3, -0.25) is 8.96 Å². The first-order valence-corrected chi connectivity index (χ1v) is 7.86. The van der Waals surface area contributed by atoms with Gasteiger partial charge in [0.2, 0.25) is 0 Å². The minimum Gasteiger partial charge on any atom is -0.478 e. The van der Waals surface area contributed by atoms with Crippen molar-refractivity contribution in [1.82, 2.24) is 8.96 Å². The standard InChI is InChI=1S/C18H12N2O2S/c21-18(22)14-7-6-12-8-10-20(15(12)11-14)23-16-5-1-3-13-4-2-9-19-17(13)16/h1-11H,(H,21,22). The van der Waals surface area contributed by atoms with Gasteiger partial charge in [-0.05, 0) is 42.3 Å². The van der Waals surface area contributed by atoms with Gasteiger partial charge in [0.1, 0.15) is 0 Å². The summed E-state index contributed by atoms with van der Waals surface area (Å²) < 4.78 is 1.98. The number of para-hydroxylation sites is 1. The van der Waals surface area contributed by atoms with Crippen molar-refractivity contribution >= 4 is 39.7 Å². The quantitative estimate of drug-likeness (QED) is 0.606. The van der Waals surface area contributed by atoms with Crippen LogP contribution in [0.15, 0.2) is 71.9 Å². The molecule has 0 aliphatic heterocycles. The Labute approximate surface area is 136 Å². The van der Waals surface area contributed by atoms with Crippen LogP contribution in [-0.4, -0.2) is 20.0 Å². The van der Waals surface area contributed by atoms with E-state index in [9.17, 15) is 9.90 Å². The van der Waals surface area contributed by atoms with Crippen molar-refractivity contribution in [3.05, 3.63) is 72.6 Å². The molecule has 0 radical (unpaired) electrons. The van der Waals surface area contributed by atoms with E-state index in [1.54, 1.807) is 18.3 Å². The number of hydrogen-bond donors (Lipinski definition) is 1. The van der Waals surface area contributed by atoms with Gasteiger partial charge in [0.25, 0.3) is 0 Å². The Hall–Kier alpha value is -2.79. The first kappa shape index (κ1) is 13.8. The predicted octanol–water partition coefficient (Wildman–Crippen LogP) is 4.44. The monoisotopic (exact) mass is 320 g/mol. The third-order valence-corrected chi connectivity index (χ3v) is 4.74. The zero-order valence-electron chi connectivity index (χ0n) is 12.0. The van der Waals surface area contributed by atoms with Crippen molar-refractivity contribution < 1.29 is 9.90 Å². The molecule has 2 aromatic carbocycles. The maximum atomic E-state index is 11.2. The van der Waals surface area contributed by atoms with Crippen molar-refractivity contribution in [3.63, 3.8) is 0 Å². The van der Waals surface area contributed by atoms with Crippen molar-refractivity contribution in [2.24, 2.45) is 0 Å². The normalized spacial score (nSPS) is 11.1. The molecule has 0 aliphatic rings. The second-order valence-electron chi connectivity index (χ2n) is 5.14. The van der Waals surface area contributed by atoms with Crippen molar-refractivity contribution in [3.8, 4) is 0 Å². The van der Waals surface area contributed by atoms with Crippen LogP contribution in [0.3, 0.4) is 0 Å². The van der Waals surface area contributed by atoms with Crippen LogP contribution in [0.1, 0.15) is 10.4 Å². The predicted molar refractivity (Wildman–Crippen MR) is 91.9 cm³/mol. The van der Waals surface area contributed by atoms with Crippen molar-refractivity contribution in [2.45, 2.75) is 4.90 Å². The number of nitrogens with zero attached hydrogens (tertiary/aromatic N) is 2. The number of benzene rings is 2. The van der Waals surface area contributed by atoms with E-state index in [1.807, 2.05) is 52.6 Å². The van der Waals surface area contributed by atoms with Crippen LogP contribution in [0.5, 0.6) is 0 Å². The van der Waals surface area contributed by atoms with Crippen LogP contribution in [0.25, 0.3) is 21.8 Å². The van der Waals surface area contributed by atoms with E-state index in [1.165, 1.54) is 11.9 Å². The number of carbonyl (C=O) groups is 1. The van der Waals surface area contributed by atoms with Crippen LogP contribution in [0.4, 0.5) is 0 Å². The number of pyridine rings is 1. The van der Waals surface area contributed by atoms with E-state index in [4.69, 9.17) is 0 Å². The molecule has 0 unspecified atom stereocenters. The largest absolute Gasteiger partial charge is 0.478 e. The fourth-order valence-electron chi connectivity index (χ4n) is 2.57. The third kappa shape index (κ3) is 2.45. The summed E-state index contributed by atoms with van der Waals surface area (Å²) in [6.45, 7) is 0. The van der Waals surface area contributed by atoms with E-state index < -0.39 is 5.97 Å². The summed E-state index contributed by atoms with van der Waals surface area (Å²) in [5.41, 5.74) is 2.10. The van der Waals surface area contributed by atoms with Crippen LogP contribution in [0.2, 0.25) is 0 Å². The molecular formula is C18H12N2O2S. The molecule has 0 aliphatic carbocycles. The molecule has 112 valence electrons. The average molecular weight is 320 g/mol. The molecule has 5 heteroatoms. The Kier molecular flexibility index (Phi) is 3.28. The SMILES string of the molecule is O=C(O)c1ccc2ccn(Sc3cccc4cccnc34)c2c1. The van der Waals surface area contributed by atoms with Crippen LogP contribution in [-0.2, 0) is 0 Å². The smallest absolute Gasteiger partial charge is 0.335 e. The van der Waals surface area contributed by atoms with Gasteiger partial charge >= 0.3 is 5.97 Å². The second-order valence-corrected chi connectivity index (χ2v) is 6.16. The summed E-state index contributed by atoms with van der Waals surface area (Å²) in [6, 6.07) is 17.1. The molecule has 0 bridgehead atoms. The zero-order chi connectivity index (χ0) is 15.8. The lowest BCUT2D eigenvalue weighted by molar-refractivity contribution is 0.0697. The van der Waals surface area contributed by atoms with E-state index in [2.05, 4.69) is 4.98 Å². The summed E-state index contributed by atoms with van der Waals surface area (Å²) in [5.74, 6) is -0.920. The highest BCUT2D eigenvalue weighted by Crippen LogP contribution is 2.31. The van der Waals surface area contributed by atoms with E-state index in [-0.39, 0.29) is 5.56 Å². The number of hydrogen-bond acceptors (Lipinski definition) is 3. The van der Waals surface area contributed by atoms with Crippen LogP contribution >= 0.6 is 11.9 Å². The molecule has 4 nitrogen and oxygen atoms in total. The maximum Gasteiger partial charge on any atom is 0.335 e. The molecule has 4 rings (SSSR count). The van der Waals surface area contributed by atoms with E-state index in [0.29, 0.717) is 0 Å². The first-order chi connectivity index (χ1) is 11.2. The third-order valence-electron chi connectivity index (χ3n) is 3.70. The van der Waals surface area contributed by atoms with Gasteiger partial charge in [0.15, 0.2) is 0 Å². The fraction of sp³-hybridized carbons (Fsp3) is 0. The lowest BCUT2D eigenvalue weighted by Crippen LogP contribution is -1.96. The van der Waals surface area contributed by atoms with Gasteiger partial charge < -0.3 is 5.11 Å². The summed E-state index contributed by atoms with van der Waals surface area (Å²) in [5, 5.41) is 11.3. The molecule has 2 aromatic heterocycles. The Morgan fingerprint density at radius 1 is 1.04 bits per heavy atom. The van der Waals surface area contributed by atoms with Gasteiger partial charge in [-0.2, -0.15) is 0 Å². The highest BCUT2D eigenvalue weighted by molar-refractivity contribution is 7.98.